The van der Waals surface area contributed by atoms with Gasteiger partial charge in [-0.3, -0.25) is 9.48 Å². The lowest BCUT2D eigenvalue weighted by Gasteiger charge is -2.22. The lowest BCUT2D eigenvalue weighted by atomic mass is 9.92. The summed E-state index contributed by atoms with van der Waals surface area (Å²) in [6, 6.07) is 1.93. The van der Waals surface area contributed by atoms with Crippen molar-refractivity contribution in [3.63, 3.8) is 0 Å². The Bertz CT molecular complexity index is 847. The van der Waals surface area contributed by atoms with E-state index in [1.807, 2.05) is 17.7 Å². The van der Waals surface area contributed by atoms with Gasteiger partial charge in [-0.25, -0.2) is 4.68 Å². The van der Waals surface area contributed by atoms with Crippen LogP contribution in [-0.2, 0) is 22.8 Å². The Kier molecular flexibility index (Phi) is 5.38. The van der Waals surface area contributed by atoms with Gasteiger partial charge in [0.25, 0.3) is 0 Å². The number of nitrogens with one attached hydrogen (secondary N) is 1. The first-order valence-electron chi connectivity index (χ1n) is 8.60. The third-order valence-corrected chi connectivity index (χ3v) is 4.41. The van der Waals surface area contributed by atoms with Crippen LogP contribution in [0.3, 0.4) is 0 Å². The van der Waals surface area contributed by atoms with E-state index in [-0.39, 0.29) is 16.9 Å². The predicted octanol–water partition coefficient (Wildman–Crippen LogP) is 4.28. The van der Waals surface area contributed by atoms with Crippen molar-refractivity contribution >= 4 is 29.4 Å². The molecule has 0 fully saturated rings. The summed E-state index contributed by atoms with van der Waals surface area (Å²) < 4.78 is 3.43. The Morgan fingerprint density at radius 2 is 1.81 bits per heavy atom. The summed E-state index contributed by atoms with van der Waals surface area (Å²) in [6.45, 7) is 14.3. The topological polar surface area (TPSA) is 64.7 Å². The molecule has 2 aromatic heterocycles. The molecule has 2 heterocycles. The van der Waals surface area contributed by atoms with Crippen molar-refractivity contribution in [3.8, 4) is 0 Å². The largest absolute Gasteiger partial charge is 0.307 e. The second-order valence-electron chi connectivity index (χ2n) is 8.48. The van der Waals surface area contributed by atoms with Crippen LogP contribution in [0.5, 0.6) is 0 Å². The smallest absolute Gasteiger partial charge is 0.249 e. The van der Waals surface area contributed by atoms with E-state index in [1.165, 1.54) is 6.08 Å². The van der Waals surface area contributed by atoms with Gasteiger partial charge in [0.2, 0.25) is 5.91 Å². The van der Waals surface area contributed by atoms with Crippen LogP contribution in [0, 0.1) is 6.92 Å². The van der Waals surface area contributed by atoms with Crippen LogP contribution in [0.1, 0.15) is 58.5 Å². The van der Waals surface area contributed by atoms with Gasteiger partial charge in [0, 0.05) is 30.2 Å². The fourth-order valence-electron chi connectivity index (χ4n) is 2.51. The Labute approximate surface area is 160 Å². The highest BCUT2D eigenvalue weighted by molar-refractivity contribution is 6.31. The number of anilines is 1. The first-order chi connectivity index (χ1) is 11.8. The Balaban J connectivity index is 2.28. The molecule has 0 unspecified atom stereocenters. The molecule has 0 atom stereocenters. The zero-order valence-electron chi connectivity index (χ0n) is 16.8. The second-order valence-corrected chi connectivity index (χ2v) is 8.84. The third-order valence-electron chi connectivity index (χ3n) is 3.96. The van der Waals surface area contributed by atoms with Crippen molar-refractivity contribution in [1.82, 2.24) is 19.6 Å². The van der Waals surface area contributed by atoms with Crippen LogP contribution < -0.4 is 5.32 Å². The van der Waals surface area contributed by atoms with E-state index in [9.17, 15) is 4.79 Å². The van der Waals surface area contributed by atoms with Crippen LogP contribution in [0.2, 0.25) is 5.15 Å². The maximum Gasteiger partial charge on any atom is 0.249 e. The van der Waals surface area contributed by atoms with E-state index < -0.39 is 0 Å². The monoisotopic (exact) mass is 377 g/mol. The van der Waals surface area contributed by atoms with Gasteiger partial charge in [0.1, 0.15) is 11.0 Å². The number of amides is 1. The number of hydrogen-bond donors (Lipinski definition) is 1. The van der Waals surface area contributed by atoms with Gasteiger partial charge in [-0.15, -0.1) is 0 Å². The number of nitrogens with zero attached hydrogens (tertiary/aromatic N) is 4. The summed E-state index contributed by atoms with van der Waals surface area (Å²) >= 11 is 6.20. The third kappa shape index (κ3) is 4.36. The molecule has 1 N–H and O–H groups in total. The van der Waals surface area contributed by atoms with Gasteiger partial charge >= 0.3 is 0 Å². The number of carbonyl (C=O) groups excluding carboxylic acids is 1. The molecular formula is C19H28ClN5O. The van der Waals surface area contributed by atoms with Gasteiger partial charge in [0.15, 0.2) is 0 Å². The molecular weight excluding hydrogens is 350 g/mol. The average molecular weight is 378 g/mol. The van der Waals surface area contributed by atoms with E-state index in [0.29, 0.717) is 11.0 Å². The molecule has 0 saturated heterocycles. The van der Waals surface area contributed by atoms with Gasteiger partial charge in [0.05, 0.1) is 16.9 Å². The van der Waals surface area contributed by atoms with Crippen LogP contribution in [0.15, 0.2) is 12.1 Å². The van der Waals surface area contributed by atoms with Crippen LogP contribution in [-0.4, -0.2) is 25.5 Å². The normalized spacial score (nSPS) is 12.8. The minimum atomic E-state index is -0.251. The van der Waals surface area contributed by atoms with Crippen molar-refractivity contribution in [2.75, 3.05) is 5.32 Å². The van der Waals surface area contributed by atoms with E-state index in [1.54, 1.807) is 17.8 Å². The molecule has 7 heteroatoms. The molecule has 0 aliphatic carbocycles. The zero-order chi connectivity index (χ0) is 19.9. The highest BCUT2D eigenvalue weighted by Gasteiger charge is 2.25. The van der Waals surface area contributed by atoms with Gasteiger partial charge in [-0.1, -0.05) is 32.4 Å². The number of carbonyl (C=O) groups is 1. The summed E-state index contributed by atoms with van der Waals surface area (Å²) in [5.41, 5.74) is 2.09. The van der Waals surface area contributed by atoms with Crippen LogP contribution in [0.25, 0.3) is 6.08 Å². The summed E-state index contributed by atoms with van der Waals surface area (Å²) in [5.74, 6) is 0.432. The molecule has 142 valence electrons. The maximum atomic E-state index is 12.4. The number of hydrogen-bond acceptors (Lipinski definition) is 3. The standard InChI is InChI=1S/C19H28ClN5O/c1-12-13(17(20)24(8)22-12)9-10-16(26)21-15-11-14(18(2,3)4)23-25(15)19(5,6)7/h9-11H,1-8H3,(H,21,26)/b10-9+. The molecule has 0 aliphatic heterocycles. The molecule has 26 heavy (non-hydrogen) atoms. The predicted molar refractivity (Wildman–Crippen MR) is 107 cm³/mol. The van der Waals surface area contributed by atoms with E-state index >= 15 is 0 Å². The number of halogens is 1. The summed E-state index contributed by atoms with van der Waals surface area (Å²) in [7, 11) is 1.77. The maximum absolute atomic E-state index is 12.4. The first-order valence-corrected chi connectivity index (χ1v) is 8.97. The van der Waals surface area contributed by atoms with Gasteiger partial charge in [-0.05, 0) is 33.8 Å². The minimum absolute atomic E-state index is 0.105. The Morgan fingerprint density at radius 1 is 1.19 bits per heavy atom. The van der Waals surface area contributed by atoms with Crippen molar-refractivity contribution in [1.29, 1.82) is 0 Å². The molecule has 0 bridgehead atoms. The second kappa shape index (κ2) is 6.91. The summed E-state index contributed by atoms with van der Waals surface area (Å²) in [4.78, 5) is 12.4. The van der Waals surface area contributed by atoms with Gasteiger partial charge in [-0.2, -0.15) is 10.2 Å². The molecule has 0 saturated carbocycles. The van der Waals surface area contributed by atoms with Crippen molar-refractivity contribution < 1.29 is 4.79 Å². The van der Waals surface area contributed by atoms with Crippen molar-refractivity contribution in [2.45, 2.75) is 59.4 Å². The summed E-state index contributed by atoms with van der Waals surface area (Å²) in [6.07, 6.45) is 3.15. The summed E-state index contributed by atoms with van der Waals surface area (Å²) in [5, 5.41) is 12.4. The highest BCUT2D eigenvalue weighted by atomic mass is 35.5. The fraction of sp³-hybridized carbons (Fsp3) is 0.526. The van der Waals surface area contributed by atoms with Crippen LogP contribution >= 0.6 is 11.6 Å². The van der Waals surface area contributed by atoms with E-state index in [0.717, 1.165) is 17.0 Å². The van der Waals surface area contributed by atoms with Crippen LogP contribution in [0.4, 0.5) is 5.82 Å². The molecule has 2 aromatic rings. The number of aromatic nitrogens is 4. The minimum Gasteiger partial charge on any atom is -0.307 e. The SMILES string of the molecule is Cc1nn(C)c(Cl)c1/C=C/C(=O)Nc1cc(C(C)(C)C)nn1C(C)(C)C. The quantitative estimate of drug-likeness (QED) is 0.812. The lowest BCUT2D eigenvalue weighted by molar-refractivity contribution is -0.111. The highest BCUT2D eigenvalue weighted by Crippen LogP contribution is 2.28. The zero-order valence-corrected chi connectivity index (χ0v) is 17.6. The van der Waals surface area contributed by atoms with Gasteiger partial charge < -0.3 is 5.32 Å². The molecule has 2 rings (SSSR count). The number of rotatable bonds is 3. The molecule has 0 radical (unpaired) electrons. The molecule has 0 spiro atoms. The Morgan fingerprint density at radius 3 is 2.27 bits per heavy atom. The average Bonchev–Trinajstić information content (AvgIpc) is 2.99. The molecule has 6 nitrogen and oxygen atoms in total. The Hall–Kier alpha value is -2.08. The fourth-order valence-corrected chi connectivity index (χ4v) is 2.75. The van der Waals surface area contributed by atoms with Crippen molar-refractivity contribution in [3.05, 3.63) is 34.2 Å². The van der Waals surface area contributed by atoms with E-state index in [2.05, 4.69) is 52.0 Å². The number of aryl methyl sites for hydroxylation is 2. The molecule has 0 aliphatic rings. The van der Waals surface area contributed by atoms with E-state index in [4.69, 9.17) is 16.7 Å². The lowest BCUT2D eigenvalue weighted by Crippen LogP contribution is -2.27. The molecule has 0 aromatic carbocycles. The first kappa shape index (κ1) is 20.2. The van der Waals surface area contributed by atoms with Crippen molar-refractivity contribution in [2.24, 2.45) is 7.05 Å². The molecule has 1 amide bonds.